The molecule has 2 aromatic rings. The number of halogens is 1. The average Bonchev–Trinajstić information content (AvgIpc) is 2.68. The minimum atomic E-state index is -0.395. The number of aromatic nitrogens is 3. The highest BCUT2D eigenvalue weighted by molar-refractivity contribution is 5.45. The summed E-state index contributed by atoms with van der Waals surface area (Å²) in [4.78, 5) is 3.83. The molecule has 6 heteroatoms. The molecule has 0 saturated carbocycles. The van der Waals surface area contributed by atoms with E-state index >= 15 is 0 Å². The number of hydrogen-bond acceptors (Lipinski definition) is 5. The average molecular weight is 208 g/mol. The number of hydrogen-bond donors (Lipinski definition) is 1. The second-order valence-corrected chi connectivity index (χ2v) is 2.89. The first kappa shape index (κ1) is 9.72. The van der Waals surface area contributed by atoms with Crippen LogP contribution < -0.4 is 5.32 Å². The lowest BCUT2D eigenvalue weighted by molar-refractivity contribution is 0.489. The first-order valence-electron chi connectivity index (χ1n) is 4.38. The van der Waals surface area contributed by atoms with Crippen LogP contribution in [0.2, 0.25) is 0 Å². The van der Waals surface area contributed by atoms with Crippen molar-refractivity contribution in [3.8, 4) is 11.6 Å². The van der Waals surface area contributed by atoms with E-state index < -0.39 is 5.82 Å². The third kappa shape index (κ3) is 2.16. The van der Waals surface area contributed by atoms with Gasteiger partial charge in [-0.25, -0.2) is 9.37 Å². The van der Waals surface area contributed by atoms with E-state index in [1.54, 1.807) is 7.05 Å². The molecule has 0 aromatic carbocycles. The van der Waals surface area contributed by atoms with Crippen LogP contribution in [0.4, 0.5) is 4.39 Å². The first-order chi connectivity index (χ1) is 7.29. The zero-order chi connectivity index (χ0) is 10.7. The minimum Gasteiger partial charge on any atom is -0.418 e. The Kier molecular flexibility index (Phi) is 2.68. The molecule has 0 atom stereocenters. The smallest absolute Gasteiger partial charge is 0.266 e. The van der Waals surface area contributed by atoms with Crippen molar-refractivity contribution in [2.24, 2.45) is 0 Å². The van der Waals surface area contributed by atoms with Crippen molar-refractivity contribution in [1.82, 2.24) is 20.5 Å². The van der Waals surface area contributed by atoms with Gasteiger partial charge in [0.05, 0.1) is 12.7 Å². The van der Waals surface area contributed by atoms with E-state index in [0.717, 1.165) is 6.20 Å². The largest absolute Gasteiger partial charge is 0.418 e. The molecule has 78 valence electrons. The van der Waals surface area contributed by atoms with Gasteiger partial charge in [-0.05, 0) is 19.2 Å². The van der Waals surface area contributed by atoms with E-state index in [2.05, 4.69) is 20.5 Å². The van der Waals surface area contributed by atoms with Crippen LogP contribution in [0.25, 0.3) is 11.6 Å². The molecule has 1 N–H and O–H groups in total. The molecular formula is C9H9FN4O. The first-order valence-corrected chi connectivity index (χ1v) is 4.38. The van der Waals surface area contributed by atoms with Crippen molar-refractivity contribution in [2.45, 2.75) is 6.54 Å². The Balaban J connectivity index is 2.25. The fraction of sp³-hybridized carbons (Fsp3) is 0.222. The van der Waals surface area contributed by atoms with Crippen LogP contribution >= 0.6 is 0 Å². The van der Waals surface area contributed by atoms with Crippen LogP contribution in [0, 0.1) is 5.82 Å². The van der Waals surface area contributed by atoms with Crippen molar-refractivity contribution in [1.29, 1.82) is 0 Å². The highest BCUT2D eigenvalue weighted by Gasteiger charge is 2.08. The van der Waals surface area contributed by atoms with Crippen molar-refractivity contribution in [3.05, 3.63) is 30.0 Å². The van der Waals surface area contributed by atoms with Crippen LogP contribution in [0.15, 0.2) is 22.7 Å². The van der Waals surface area contributed by atoms with Crippen LogP contribution in [0.3, 0.4) is 0 Å². The van der Waals surface area contributed by atoms with Gasteiger partial charge in [-0.2, -0.15) is 0 Å². The maximum atomic E-state index is 12.6. The summed E-state index contributed by atoms with van der Waals surface area (Å²) >= 11 is 0. The van der Waals surface area contributed by atoms with E-state index in [1.165, 1.54) is 12.1 Å². The second-order valence-electron chi connectivity index (χ2n) is 2.89. The highest BCUT2D eigenvalue weighted by Crippen LogP contribution is 2.14. The predicted octanol–water partition coefficient (Wildman–Crippen LogP) is 0.990. The van der Waals surface area contributed by atoms with Gasteiger partial charge < -0.3 is 9.73 Å². The Morgan fingerprint density at radius 2 is 2.27 bits per heavy atom. The maximum absolute atomic E-state index is 12.6. The fourth-order valence-electron chi connectivity index (χ4n) is 1.08. The van der Waals surface area contributed by atoms with Crippen molar-refractivity contribution >= 4 is 0 Å². The molecule has 2 rings (SSSR count). The molecule has 0 amide bonds. The predicted molar refractivity (Wildman–Crippen MR) is 50.3 cm³/mol. The van der Waals surface area contributed by atoms with E-state index in [4.69, 9.17) is 4.42 Å². The molecule has 0 fully saturated rings. The quantitative estimate of drug-likeness (QED) is 0.814. The van der Waals surface area contributed by atoms with Crippen LogP contribution in [-0.2, 0) is 6.54 Å². The summed E-state index contributed by atoms with van der Waals surface area (Å²) in [5.41, 5.74) is 0.464. The molecule has 0 radical (unpaired) electrons. The van der Waals surface area contributed by atoms with Gasteiger partial charge in [-0.15, -0.1) is 10.2 Å². The van der Waals surface area contributed by atoms with Gasteiger partial charge in [0.15, 0.2) is 0 Å². The maximum Gasteiger partial charge on any atom is 0.266 e. The van der Waals surface area contributed by atoms with Gasteiger partial charge in [-0.1, -0.05) is 0 Å². The number of nitrogens with zero attached hydrogens (tertiary/aromatic N) is 3. The molecule has 0 bridgehead atoms. The zero-order valence-electron chi connectivity index (χ0n) is 8.07. The molecule has 15 heavy (non-hydrogen) atoms. The summed E-state index contributed by atoms with van der Waals surface area (Å²) in [6.07, 6.45) is 1.11. The Morgan fingerprint density at radius 1 is 1.40 bits per heavy atom. The lowest BCUT2D eigenvalue weighted by Gasteiger charge is -1.92. The van der Waals surface area contributed by atoms with Gasteiger partial charge in [0.2, 0.25) is 5.89 Å². The summed E-state index contributed by atoms with van der Waals surface area (Å²) in [5.74, 6) is 0.368. The van der Waals surface area contributed by atoms with Crippen LogP contribution in [0.5, 0.6) is 0 Å². The molecular weight excluding hydrogens is 199 g/mol. The molecule has 2 heterocycles. The molecule has 0 aliphatic heterocycles. The van der Waals surface area contributed by atoms with Gasteiger partial charge in [0, 0.05) is 0 Å². The molecule has 0 aliphatic rings. The van der Waals surface area contributed by atoms with Crippen molar-refractivity contribution in [2.75, 3.05) is 7.05 Å². The Hall–Kier alpha value is -1.82. The normalized spacial score (nSPS) is 10.5. The van der Waals surface area contributed by atoms with Crippen LogP contribution in [0.1, 0.15) is 5.89 Å². The van der Waals surface area contributed by atoms with E-state index in [9.17, 15) is 4.39 Å². The minimum absolute atomic E-state index is 0.292. The number of pyridine rings is 1. The molecule has 0 unspecified atom stereocenters. The van der Waals surface area contributed by atoms with Gasteiger partial charge >= 0.3 is 0 Å². The summed E-state index contributed by atoms with van der Waals surface area (Å²) in [6, 6.07) is 2.79. The molecule has 0 spiro atoms. The number of rotatable bonds is 3. The Bertz CT molecular complexity index is 440. The standard InChI is InChI=1S/C9H9FN4O/c1-11-5-8-13-14-9(15-8)7-3-2-6(10)4-12-7/h2-4,11H,5H2,1H3. The lowest BCUT2D eigenvalue weighted by atomic mass is 10.3. The highest BCUT2D eigenvalue weighted by atomic mass is 19.1. The topological polar surface area (TPSA) is 63.8 Å². The van der Waals surface area contributed by atoms with Crippen molar-refractivity contribution < 1.29 is 8.81 Å². The fourth-order valence-corrected chi connectivity index (χ4v) is 1.08. The third-order valence-electron chi connectivity index (χ3n) is 1.74. The third-order valence-corrected chi connectivity index (χ3v) is 1.74. The summed E-state index contributed by atoms with van der Waals surface area (Å²) in [7, 11) is 1.78. The van der Waals surface area contributed by atoms with E-state index in [0.29, 0.717) is 24.0 Å². The second kappa shape index (κ2) is 4.14. The molecule has 2 aromatic heterocycles. The van der Waals surface area contributed by atoms with E-state index in [1.807, 2.05) is 0 Å². The van der Waals surface area contributed by atoms with Crippen LogP contribution in [-0.4, -0.2) is 22.2 Å². The zero-order valence-corrected chi connectivity index (χ0v) is 8.07. The SMILES string of the molecule is CNCc1nnc(-c2ccc(F)cn2)o1. The van der Waals surface area contributed by atoms with Gasteiger partial charge in [-0.3, -0.25) is 0 Å². The monoisotopic (exact) mass is 208 g/mol. The summed E-state index contributed by atoms with van der Waals surface area (Å²) in [5, 5.41) is 10.5. The van der Waals surface area contributed by atoms with E-state index in [-0.39, 0.29) is 0 Å². The Morgan fingerprint density at radius 3 is 2.93 bits per heavy atom. The summed E-state index contributed by atoms with van der Waals surface area (Å²) in [6.45, 7) is 0.494. The number of nitrogens with one attached hydrogen (secondary N) is 1. The molecule has 0 aliphatic carbocycles. The lowest BCUT2D eigenvalue weighted by Crippen LogP contribution is -2.04. The van der Waals surface area contributed by atoms with Gasteiger partial charge in [0.1, 0.15) is 11.5 Å². The Labute approximate surface area is 85.4 Å². The molecule has 0 saturated heterocycles. The van der Waals surface area contributed by atoms with Crippen molar-refractivity contribution in [3.63, 3.8) is 0 Å². The summed E-state index contributed by atoms with van der Waals surface area (Å²) < 4.78 is 17.9. The van der Waals surface area contributed by atoms with Gasteiger partial charge in [0.25, 0.3) is 5.89 Å². The molecule has 5 nitrogen and oxygen atoms in total.